The van der Waals surface area contributed by atoms with Crippen molar-refractivity contribution in [2.45, 2.75) is 30.3 Å². The first-order valence-electron chi connectivity index (χ1n) is 11.4. The van der Waals surface area contributed by atoms with Gasteiger partial charge in [0.2, 0.25) is 10.0 Å². The molecule has 12 heteroatoms. The zero-order chi connectivity index (χ0) is 25.1. The summed E-state index contributed by atoms with van der Waals surface area (Å²) in [5, 5.41) is 5.06. The molecular formula is C23H27F3N4O4S. The first-order valence-corrected chi connectivity index (χ1v) is 12.8. The molecule has 190 valence electrons. The van der Waals surface area contributed by atoms with Crippen molar-refractivity contribution in [3.63, 3.8) is 0 Å². The van der Waals surface area contributed by atoms with Crippen molar-refractivity contribution in [3.05, 3.63) is 48.0 Å². The van der Waals surface area contributed by atoms with Crippen LogP contribution in [0.15, 0.2) is 47.4 Å². The largest absolute Gasteiger partial charge is 0.416 e. The number of hydrogen-bond donors (Lipinski definition) is 2. The second-order valence-electron chi connectivity index (χ2n) is 8.40. The number of nitrogens with one attached hydrogen (secondary N) is 2. The summed E-state index contributed by atoms with van der Waals surface area (Å²) in [6.07, 6.45) is -1.54. The van der Waals surface area contributed by atoms with E-state index < -0.39 is 27.8 Å². The Labute approximate surface area is 202 Å². The van der Waals surface area contributed by atoms with Gasteiger partial charge in [-0.25, -0.2) is 13.2 Å². The van der Waals surface area contributed by atoms with Crippen molar-refractivity contribution in [2.24, 2.45) is 0 Å². The van der Waals surface area contributed by atoms with Crippen LogP contribution in [-0.2, 0) is 20.9 Å². The summed E-state index contributed by atoms with van der Waals surface area (Å²) in [5.74, 6) is 0. The van der Waals surface area contributed by atoms with Crippen molar-refractivity contribution in [1.29, 1.82) is 0 Å². The Morgan fingerprint density at radius 3 is 2.31 bits per heavy atom. The highest BCUT2D eigenvalue weighted by Crippen LogP contribution is 2.33. The summed E-state index contributed by atoms with van der Waals surface area (Å²) in [7, 11) is -3.81. The lowest BCUT2D eigenvalue weighted by Gasteiger charge is -2.31. The molecule has 2 aliphatic rings. The van der Waals surface area contributed by atoms with Gasteiger partial charge in [-0.15, -0.1) is 0 Å². The van der Waals surface area contributed by atoms with Crippen LogP contribution in [0.4, 0.5) is 35.0 Å². The highest BCUT2D eigenvalue weighted by atomic mass is 32.2. The number of halogens is 3. The topological polar surface area (TPSA) is 91.0 Å². The van der Waals surface area contributed by atoms with E-state index in [2.05, 4.69) is 15.5 Å². The molecule has 2 fully saturated rings. The zero-order valence-corrected chi connectivity index (χ0v) is 19.8. The molecule has 0 saturated carbocycles. The van der Waals surface area contributed by atoms with Gasteiger partial charge in [-0.2, -0.15) is 17.5 Å². The fourth-order valence-corrected chi connectivity index (χ4v) is 5.61. The standard InChI is InChI=1S/C23H27F3N4O4S/c24-23(25,26)17-5-4-6-18(15-17)27-22(31)28-20-16-19(35(32,33)30-11-13-34-14-12-30)7-8-21(20)29-9-2-1-3-10-29/h4-8,15-16H,1-3,9-14H2,(H2,27,28,31). The molecule has 0 spiro atoms. The Kier molecular flexibility index (Phi) is 7.53. The lowest BCUT2D eigenvalue weighted by molar-refractivity contribution is -0.137. The summed E-state index contributed by atoms with van der Waals surface area (Å²) in [5.41, 5.74) is 0.00683. The van der Waals surface area contributed by atoms with Crippen molar-refractivity contribution in [2.75, 3.05) is 54.9 Å². The maximum absolute atomic E-state index is 13.2. The van der Waals surface area contributed by atoms with Gasteiger partial charge in [0, 0.05) is 31.9 Å². The Bertz CT molecular complexity index is 1160. The van der Waals surface area contributed by atoms with Crippen molar-refractivity contribution in [1.82, 2.24) is 4.31 Å². The molecule has 2 aliphatic heterocycles. The van der Waals surface area contributed by atoms with Crippen LogP contribution in [-0.4, -0.2) is 58.1 Å². The van der Waals surface area contributed by atoms with Crippen LogP contribution >= 0.6 is 0 Å². The second-order valence-corrected chi connectivity index (χ2v) is 10.3. The van der Waals surface area contributed by atoms with Gasteiger partial charge in [0.1, 0.15) is 0 Å². The molecule has 4 rings (SSSR count). The monoisotopic (exact) mass is 512 g/mol. The van der Waals surface area contributed by atoms with E-state index in [0.717, 1.165) is 44.5 Å². The highest BCUT2D eigenvalue weighted by molar-refractivity contribution is 7.89. The minimum Gasteiger partial charge on any atom is -0.379 e. The van der Waals surface area contributed by atoms with Gasteiger partial charge < -0.3 is 20.3 Å². The number of amides is 2. The van der Waals surface area contributed by atoms with Gasteiger partial charge >= 0.3 is 12.2 Å². The molecule has 2 N–H and O–H groups in total. The molecule has 2 aromatic carbocycles. The Balaban J connectivity index is 1.60. The molecular weight excluding hydrogens is 485 g/mol. The minimum absolute atomic E-state index is 0.0227. The third kappa shape index (κ3) is 6.06. The normalized spacial score (nSPS) is 17.7. The number of morpholine rings is 1. The Morgan fingerprint density at radius 2 is 1.63 bits per heavy atom. The summed E-state index contributed by atoms with van der Waals surface area (Å²) < 4.78 is 71.9. The fourth-order valence-electron chi connectivity index (χ4n) is 4.18. The number of sulfonamides is 1. The van der Waals surface area contributed by atoms with Crippen molar-refractivity contribution >= 4 is 33.1 Å². The maximum atomic E-state index is 13.2. The zero-order valence-electron chi connectivity index (χ0n) is 19.0. The number of benzene rings is 2. The average Bonchev–Trinajstić information content (AvgIpc) is 2.84. The van der Waals surface area contributed by atoms with Crippen LogP contribution in [0.5, 0.6) is 0 Å². The van der Waals surface area contributed by atoms with E-state index in [1.165, 1.54) is 28.6 Å². The van der Waals surface area contributed by atoms with Crippen LogP contribution in [0.1, 0.15) is 24.8 Å². The van der Waals surface area contributed by atoms with E-state index in [1.54, 1.807) is 6.07 Å². The predicted octanol–water partition coefficient (Wildman–Crippen LogP) is 4.36. The predicted molar refractivity (Wildman–Crippen MR) is 126 cm³/mol. The van der Waals surface area contributed by atoms with E-state index in [9.17, 15) is 26.4 Å². The summed E-state index contributed by atoms with van der Waals surface area (Å²) >= 11 is 0. The van der Waals surface area contributed by atoms with E-state index in [0.29, 0.717) is 18.9 Å². The molecule has 0 atom stereocenters. The molecule has 2 saturated heterocycles. The van der Waals surface area contributed by atoms with Crippen molar-refractivity contribution in [3.8, 4) is 0 Å². The summed E-state index contributed by atoms with van der Waals surface area (Å²) in [6.45, 7) is 2.56. The Hall–Kier alpha value is -2.83. The lowest BCUT2D eigenvalue weighted by Crippen LogP contribution is -2.40. The van der Waals surface area contributed by atoms with Crippen LogP contribution in [0.25, 0.3) is 0 Å². The fraction of sp³-hybridized carbons (Fsp3) is 0.435. The number of rotatable bonds is 5. The summed E-state index contributed by atoms with van der Waals surface area (Å²) in [4.78, 5) is 14.8. The van der Waals surface area contributed by atoms with Gasteiger partial charge in [0.15, 0.2) is 0 Å². The van der Waals surface area contributed by atoms with Crippen molar-refractivity contribution < 1.29 is 31.1 Å². The molecule has 0 bridgehead atoms. The number of carbonyl (C=O) groups is 1. The molecule has 2 heterocycles. The first-order chi connectivity index (χ1) is 16.6. The number of alkyl halides is 3. The molecule has 0 radical (unpaired) electrons. The minimum atomic E-state index is -4.54. The van der Waals surface area contributed by atoms with E-state index in [-0.39, 0.29) is 29.4 Å². The molecule has 0 unspecified atom stereocenters. The third-order valence-corrected chi connectivity index (χ3v) is 7.86. The van der Waals surface area contributed by atoms with Gasteiger partial charge in [0.25, 0.3) is 0 Å². The number of hydrogen-bond acceptors (Lipinski definition) is 5. The molecule has 2 amide bonds. The van der Waals surface area contributed by atoms with Gasteiger partial charge in [-0.05, 0) is 55.7 Å². The van der Waals surface area contributed by atoms with Gasteiger partial charge in [-0.1, -0.05) is 6.07 Å². The number of ether oxygens (including phenoxy) is 1. The van der Waals surface area contributed by atoms with Crippen LogP contribution < -0.4 is 15.5 Å². The second kappa shape index (κ2) is 10.4. The number of carbonyl (C=O) groups excluding carboxylic acids is 1. The molecule has 35 heavy (non-hydrogen) atoms. The van der Waals surface area contributed by atoms with E-state index >= 15 is 0 Å². The maximum Gasteiger partial charge on any atom is 0.416 e. The van der Waals surface area contributed by atoms with Gasteiger partial charge in [0.05, 0.1) is 35.0 Å². The lowest BCUT2D eigenvalue weighted by atomic mass is 10.1. The average molecular weight is 513 g/mol. The number of urea groups is 1. The molecule has 0 aliphatic carbocycles. The quantitative estimate of drug-likeness (QED) is 0.621. The number of piperidine rings is 1. The Morgan fingerprint density at radius 1 is 0.914 bits per heavy atom. The summed E-state index contributed by atoms with van der Waals surface area (Å²) in [6, 6.07) is 8.11. The van der Waals surface area contributed by atoms with E-state index in [1.807, 2.05) is 0 Å². The first kappa shape index (κ1) is 25.3. The molecule has 0 aromatic heterocycles. The van der Waals surface area contributed by atoms with Crippen LogP contribution in [0.2, 0.25) is 0 Å². The number of nitrogens with zero attached hydrogens (tertiary/aromatic N) is 2. The molecule has 2 aromatic rings. The molecule has 8 nitrogen and oxygen atoms in total. The highest BCUT2D eigenvalue weighted by Gasteiger charge is 2.31. The van der Waals surface area contributed by atoms with Gasteiger partial charge in [-0.3, -0.25) is 0 Å². The van der Waals surface area contributed by atoms with E-state index in [4.69, 9.17) is 4.74 Å². The van der Waals surface area contributed by atoms with Crippen LogP contribution in [0, 0.1) is 0 Å². The SMILES string of the molecule is O=C(Nc1cccc(C(F)(F)F)c1)Nc1cc(S(=O)(=O)N2CCOCC2)ccc1N1CCCCC1. The smallest absolute Gasteiger partial charge is 0.379 e. The number of anilines is 3. The van der Waals surface area contributed by atoms with Crippen LogP contribution in [0.3, 0.4) is 0 Å². The third-order valence-electron chi connectivity index (χ3n) is 5.97.